The standard InChI is InChI=1S/C22H27N5O/c1-16(2)19-6-4-17(5-7-19)12-22(28)26(3)14-18-10-11-27(15-18)21-9-8-20(13-23)24-25-21/h4-9,16,18H,10-12,14-15H2,1-3H3/t18-/m1/s1. The molecule has 1 fully saturated rings. The Kier molecular flexibility index (Phi) is 6.25. The van der Waals surface area contributed by atoms with E-state index in [0.717, 1.165) is 37.4 Å². The predicted molar refractivity (Wildman–Crippen MR) is 109 cm³/mol. The second-order valence-corrected chi connectivity index (χ2v) is 7.84. The SMILES string of the molecule is CC(C)c1ccc(CC(=O)N(C)C[C@H]2CCN(c3ccc(C#N)nn3)C2)cc1. The van der Waals surface area contributed by atoms with Gasteiger partial charge in [-0.2, -0.15) is 5.26 Å². The van der Waals surface area contributed by atoms with Crippen LogP contribution >= 0.6 is 0 Å². The summed E-state index contributed by atoms with van der Waals surface area (Å²) in [5.41, 5.74) is 2.68. The summed E-state index contributed by atoms with van der Waals surface area (Å²) in [5, 5.41) is 16.9. The van der Waals surface area contributed by atoms with Crippen LogP contribution < -0.4 is 4.90 Å². The van der Waals surface area contributed by atoms with Crippen molar-refractivity contribution in [3.05, 3.63) is 53.2 Å². The van der Waals surface area contributed by atoms with Gasteiger partial charge in [0.25, 0.3) is 0 Å². The van der Waals surface area contributed by atoms with E-state index in [2.05, 4.69) is 53.2 Å². The molecule has 0 N–H and O–H groups in total. The van der Waals surface area contributed by atoms with E-state index in [-0.39, 0.29) is 5.91 Å². The molecule has 1 atom stereocenters. The van der Waals surface area contributed by atoms with Crippen LogP contribution in [0.15, 0.2) is 36.4 Å². The van der Waals surface area contributed by atoms with Crippen molar-refractivity contribution < 1.29 is 4.79 Å². The first kappa shape index (κ1) is 19.8. The minimum atomic E-state index is 0.147. The number of carbonyl (C=O) groups is 1. The molecular formula is C22H27N5O. The monoisotopic (exact) mass is 377 g/mol. The molecule has 1 aromatic heterocycles. The lowest BCUT2D eigenvalue weighted by Crippen LogP contribution is -2.34. The van der Waals surface area contributed by atoms with Gasteiger partial charge in [-0.25, -0.2) is 0 Å². The molecule has 28 heavy (non-hydrogen) atoms. The lowest BCUT2D eigenvalue weighted by molar-refractivity contribution is -0.129. The number of nitrogens with zero attached hydrogens (tertiary/aromatic N) is 5. The molecule has 0 unspecified atom stereocenters. The first-order valence-corrected chi connectivity index (χ1v) is 9.78. The summed E-state index contributed by atoms with van der Waals surface area (Å²) < 4.78 is 0. The van der Waals surface area contributed by atoms with Crippen LogP contribution in [0.5, 0.6) is 0 Å². The number of aromatic nitrogens is 2. The van der Waals surface area contributed by atoms with Crippen molar-refractivity contribution in [2.45, 2.75) is 32.6 Å². The lowest BCUT2D eigenvalue weighted by atomic mass is 10.0. The summed E-state index contributed by atoms with van der Waals surface area (Å²) >= 11 is 0. The van der Waals surface area contributed by atoms with Gasteiger partial charge in [-0.15, -0.1) is 10.2 Å². The van der Waals surface area contributed by atoms with Crippen LogP contribution in [0, 0.1) is 17.2 Å². The predicted octanol–water partition coefficient (Wildman–Crippen LogP) is 3.00. The van der Waals surface area contributed by atoms with Crippen LogP contribution in [-0.4, -0.2) is 47.7 Å². The van der Waals surface area contributed by atoms with Crippen molar-refractivity contribution in [3.63, 3.8) is 0 Å². The molecule has 6 heteroatoms. The molecule has 2 aromatic rings. The van der Waals surface area contributed by atoms with E-state index in [1.807, 2.05) is 24.1 Å². The maximum absolute atomic E-state index is 12.6. The van der Waals surface area contributed by atoms with E-state index in [9.17, 15) is 4.79 Å². The van der Waals surface area contributed by atoms with Crippen LogP contribution in [0.2, 0.25) is 0 Å². The summed E-state index contributed by atoms with van der Waals surface area (Å²) in [6, 6.07) is 13.9. The molecule has 1 aromatic carbocycles. The molecule has 2 heterocycles. The van der Waals surface area contributed by atoms with Gasteiger partial charge in [0.2, 0.25) is 5.91 Å². The topological polar surface area (TPSA) is 73.1 Å². The van der Waals surface area contributed by atoms with E-state index in [4.69, 9.17) is 5.26 Å². The number of benzene rings is 1. The molecule has 1 aliphatic rings. The minimum absolute atomic E-state index is 0.147. The van der Waals surface area contributed by atoms with Crippen molar-refractivity contribution in [1.82, 2.24) is 15.1 Å². The highest BCUT2D eigenvalue weighted by Gasteiger charge is 2.26. The van der Waals surface area contributed by atoms with E-state index in [0.29, 0.717) is 24.0 Å². The molecule has 0 aliphatic carbocycles. The number of anilines is 1. The zero-order valence-electron chi connectivity index (χ0n) is 16.8. The van der Waals surface area contributed by atoms with Crippen molar-refractivity contribution >= 4 is 11.7 Å². The largest absolute Gasteiger partial charge is 0.355 e. The first-order chi connectivity index (χ1) is 13.5. The molecular weight excluding hydrogens is 350 g/mol. The van der Waals surface area contributed by atoms with Crippen LogP contribution in [0.25, 0.3) is 0 Å². The molecule has 0 radical (unpaired) electrons. The second kappa shape index (κ2) is 8.83. The van der Waals surface area contributed by atoms with Gasteiger partial charge in [0.15, 0.2) is 11.5 Å². The summed E-state index contributed by atoms with van der Waals surface area (Å²) in [6.45, 7) is 6.82. The average Bonchev–Trinajstić information content (AvgIpc) is 3.17. The number of hydrogen-bond donors (Lipinski definition) is 0. The summed E-state index contributed by atoms with van der Waals surface area (Å²) in [4.78, 5) is 16.6. The highest BCUT2D eigenvalue weighted by molar-refractivity contribution is 5.78. The fourth-order valence-electron chi connectivity index (χ4n) is 3.56. The van der Waals surface area contributed by atoms with Gasteiger partial charge in [-0.05, 0) is 41.5 Å². The molecule has 146 valence electrons. The molecule has 3 rings (SSSR count). The van der Waals surface area contributed by atoms with Gasteiger partial charge in [0, 0.05) is 26.7 Å². The summed E-state index contributed by atoms with van der Waals surface area (Å²) in [7, 11) is 1.88. The normalized spacial score (nSPS) is 16.2. The Hall–Kier alpha value is -2.94. The zero-order chi connectivity index (χ0) is 20.1. The second-order valence-electron chi connectivity index (χ2n) is 7.84. The Bertz CT molecular complexity index is 839. The number of carbonyl (C=O) groups excluding carboxylic acids is 1. The van der Waals surface area contributed by atoms with Crippen molar-refractivity contribution in [2.75, 3.05) is 31.6 Å². The van der Waals surface area contributed by atoms with Crippen molar-refractivity contribution in [2.24, 2.45) is 5.92 Å². The van der Waals surface area contributed by atoms with E-state index in [1.54, 1.807) is 6.07 Å². The number of nitriles is 1. The van der Waals surface area contributed by atoms with Gasteiger partial charge >= 0.3 is 0 Å². The molecule has 0 bridgehead atoms. The van der Waals surface area contributed by atoms with E-state index in [1.165, 1.54) is 5.56 Å². The number of amides is 1. The molecule has 1 saturated heterocycles. The number of hydrogen-bond acceptors (Lipinski definition) is 5. The Morgan fingerprint density at radius 3 is 2.61 bits per heavy atom. The third kappa shape index (κ3) is 4.86. The average molecular weight is 377 g/mol. The van der Waals surface area contributed by atoms with Gasteiger partial charge in [-0.1, -0.05) is 38.1 Å². The Morgan fingerprint density at radius 1 is 1.25 bits per heavy atom. The van der Waals surface area contributed by atoms with Crippen LogP contribution in [0.1, 0.15) is 43.0 Å². The summed E-state index contributed by atoms with van der Waals surface area (Å²) in [5.74, 6) is 1.85. The van der Waals surface area contributed by atoms with Crippen LogP contribution in [0.3, 0.4) is 0 Å². The van der Waals surface area contributed by atoms with Gasteiger partial charge < -0.3 is 9.80 Å². The Balaban J connectivity index is 1.50. The maximum Gasteiger partial charge on any atom is 0.226 e. The number of rotatable bonds is 6. The van der Waals surface area contributed by atoms with Crippen molar-refractivity contribution in [1.29, 1.82) is 5.26 Å². The Morgan fingerprint density at radius 2 is 2.00 bits per heavy atom. The van der Waals surface area contributed by atoms with E-state index >= 15 is 0 Å². The van der Waals surface area contributed by atoms with Gasteiger partial charge in [0.05, 0.1) is 6.42 Å². The van der Waals surface area contributed by atoms with Gasteiger partial charge in [-0.3, -0.25) is 4.79 Å². The highest BCUT2D eigenvalue weighted by atomic mass is 16.2. The molecule has 6 nitrogen and oxygen atoms in total. The molecule has 0 saturated carbocycles. The van der Waals surface area contributed by atoms with E-state index < -0.39 is 0 Å². The van der Waals surface area contributed by atoms with Gasteiger partial charge in [0.1, 0.15) is 6.07 Å². The Labute approximate surface area is 166 Å². The molecule has 1 aliphatic heterocycles. The molecule has 1 amide bonds. The third-order valence-corrected chi connectivity index (χ3v) is 5.33. The quantitative estimate of drug-likeness (QED) is 0.774. The zero-order valence-corrected chi connectivity index (χ0v) is 16.8. The van der Waals surface area contributed by atoms with Crippen LogP contribution in [0.4, 0.5) is 5.82 Å². The summed E-state index contributed by atoms with van der Waals surface area (Å²) in [6.07, 6.45) is 1.45. The first-order valence-electron chi connectivity index (χ1n) is 9.78. The highest BCUT2D eigenvalue weighted by Crippen LogP contribution is 2.22. The van der Waals surface area contributed by atoms with Crippen molar-refractivity contribution in [3.8, 4) is 6.07 Å². The molecule has 0 spiro atoms. The van der Waals surface area contributed by atoms with Crippen LogP contribution in [-0.2, 0) is 11.2 Å². The minimum Gasteiger partial charge on any atom is -0.355 e. The third-order valence-electron chi connectivity index (χ3n) is 5.33. The lowest BCUT2D eigenvalue weighted by Gasteiger charge is -2.22. The fraction of sp³-hybridized carbons (Fsp3) is 0.455. The maximum atomic E-state index is 12.6. The smallest absolute Gasteiger partial charge is 0.226 e. The number of likely N-dealkylation sites (N-methyl/N-ethyl adjacent to an activating group) is 1. The fourth-order valence-corrected chi connectivity index (χ4v) is 3.56.